The second-order valence-electron chi connectivity index (χ2n) is 4.99. The van der Waals surface area contributed by atoms with Gasteiger partial charge in [-0.25, -0.2) is 0 Å². The Bertz CT molecular complexity index is 633. The molecule has 0 bridgehead atoms. The summed E-state index contributed by atoms with van der Waals surface area (Å²) in [5.41, 5.74) is 1.09. The van der Waals surface area contributed by atoms with Gasteiger partial charge in [-0.2, -0.15) is 0 Å². The topological polar surface area (TPSA) is 24.9 Å². The van der Waals surface area contributed by atoms with Crippen LogP contribution in [0.25, 0.3) is 0 Å². The highest BCUT2D eigenvalue weighted by molar-refractivity contribution is 7.10. The Labute approximate surface area is 133 Å². The summed E-state index contributed by atoms with van der Waals surface area (Å²) in [5.74, 6) is 0. The van der Waals surface area contributed by atoms with Crippen molar-refractivity contribution in [2.75, 3.05) is 0 Å². The zero-order valence-corrected chi connectivity index (χ0v) is 13.5. The van der Waals surface area contributed by atoms with E-state index in [1.165, 1.54) is 9.75 Å². The fraction of sp³-hybridized carbons (Fsp3) is 0.235. The molecule has 0 amide bonds. The summed E-state index contributed by atoms with van der Waals surface area (Å²) in [5, 5.41) is 8.01. The van der Waals surface area contributed by atoms with Gasteiger partial charge < -0.3 is 5.32 Å². The fourth-order valence-corrected chi connectivity index (χ4v) is 3.92. The molecule has 3 heterocycles. The number of thiophene rings is 2. The van der Waals surface area contributed by atoms with E-state index in [2.05, 4.69) is 58.3 Å². The molecule has 0 aliphatic carbocycles. The lowest BCUT2D eigenvalue weighted by atomic mass is 10.1. The predicted molar refractivity (Wildman–Crippen MR) is 90.9 cm³/mol. The molecule has 0 saturated heterocycles. The van der Waals surface area contributed by atoms with Crippen LogP contribution in [-0.2, 0) is 6.42 Å². The Balaban J connectivity index is 1.76. The molecular formula is C17H18N2S2. The first-order valence-electron chi connectivity index (χ1n) is 7.05. The van der Waals surface area contributed by atoms with E-state index in [1.54, 1.807) is 0 Å². The fourth-order valence-electron chi connectivity index (χ4n) is 2.38. The van der Waals surface area contributed by atoms with Crippen molar-refractivity contribution in [3.8, 4) is 0 Å². The minimum Gasteiger partial charge on any atom is -0.301 e. The molecule has 0 aromatic carbocycles. The Morgan fingerprint density at radius 1 is 1.05 bits per heavy atom. The molecule has 3 rings (SSSR count). The van der Waals surface area contributed by atoms with Crippen LogP contribution < -0.4 is 5.32 Å². The first-order valence-corrected chi connectivity index (χ1v) is 8.81. The van der Waals surface area contributed by atoms with Crippen LogP contribution in [0.4, 0.5) is 0 Å². The van der Waals surface area contributed by atoms with Gasteiger partial charge in [-0.1, -0.05) is 18.2 Å². The molecule has 0 aliphatic rings. The summed E-state index contributed by atoms with van der Waals surface area (Å²) in [7, 11) is 0. The van der Waals surface area contributed by atoms with Crippen LogP contribution in [0.5, 0.6) is 0 Å². The first-order chi connectivity index (χ1) is 10.3. The number of nitrogens with zero attached hydrogens (tertiary/aromatic N) is 1. The highest BCUT2D eigenvalue weighted by Gasteiger charge is 2.17. The number of rotatable bonds is 6. The number of nitrogens with one attached hydrogen (secondary N) is 1. The summed E-state index contributed by atoms with van der Waals surface area (Å²) in [4.78, 5) is 7.25. The Morgan fingerprint density at radius 2 is 1.90 bits per heavy atom. The summed E-state index contributed by atoms with van der Waals surface area (Å²) in [6.45, 7) is 2.18. The Hall–Kier alpha value is -1.49. The van der Waals surface area contributed by atoms with Crippen LogP contribution >= 0.6 is 22.7 Å². The third-order valence-corrected chi connectivity index (χ3v) is 5.34. The van der Waals surface area contributed by atoms with Gasteiger partial charge in [0.05, 0.1) is 5.69 Å². The highest BCUT2D eigenvalue weighted by atomic mass is 32.1. The van der Waals surface area contributed by atoms with Gasteiger partial charge >= 0.3 is 0 Å². The maximum atomic E-state index is 4.45. The molecule has 2 atom stereocenters. The van der Waals surface area contributed by atoms with Crippen LogP contribution in [0.2, 0.25) is 0 Å². The zero-order chi connectivity index (χ0) is 14.5. The largest absolute Gasteiger partial charge is 0.301 e. The average Bonchev–Trinajstić information content (AvgIpc) is 3.21. The van der Waals surface area contributed by atoms with Gasteiger partial charge in [-0.05, 0) is 41.9 Å². The minimum absolute atomic E-state index is 0.235. The molecule has 1 N–H and O–H groups in total. The van der Waals surface area contributed by atoms with Gasteiger partial charge in [0.25, 0.3) is 0 Å². The highest BCUT2D eigenvalue weighted by Crippen LogP contribution is 2.27. The van der Waals surface area contributed by atoms with Crippen molar-refractivity contribution in [3.05, 3.63) is 74.9 Å². The molecule has 0 radical (unpaired) electrons. The lowest BCUT2D eigenvalue weighted by Crippen LogP contribution is -2.26. The summed E-state index contributed by atoms with van der Waals surface area (Å²) < 4.78 is 0. The minimum atomic E-state index is 0.235. The average molecular weight is 314 g/mol. The maximum Gasteiger partial charge on any atom is 0.0570 e. The van der Waals surface area contributed by atoms with Crippen molar-refractivity contribution in [3.63, 3.8) is 0 Å². The molecule has 3 aromatic heterocycles. The third-order valence-electron chi connectivity index (χ3n) is 3.45. The van der Waals surface area contributed by atoms with E-state index in [4.69, 9.17) is 0 Å². The predicted octanol–water partition coefficient (Wildman–Crippen LogP) is 4.84. The molecule has 0 saturated carbocycles. The van der Waals surface area contributed by atoms with E-state index in [9.17, 15) is 0 Å². The van der Waals surface area contributed by atoms with Crippen LogP contribution in [-0.4, -0.2) is 4.98 Å². The van der Waals surface area contributed by atoms with E-state index < -0.39 is 0 Å². The maximum absolute atomic E-state index is 4.45. The summed E-state index contributed by atoms with van der Waals surface area (Å²) >= 11 is 3.63. The number of hydrogen-bond acceptors (Lipinski definition) is 4. The molecule has 4 heteroatoms. The van der Waals surface area contributed by atoms with Crippen LogP contribution in [0.1, 0.15) is 34.5 Å². The third kappa shape index (κ3) is 3.79. The van der Waals surface area contributed by atoms with Gasteiger partial charge in [0.15, 0.2) is 0 Å². The zero-order valence-electron chi connectivity index (χ0n) is 11.9. The second-order valence-corrected chi connectivity index (χ2v) is 7.01. The van der Waals surface area contributed by atoms with Crippen molar-refractivity contribution in [2.45, 2.75) is 25.4 Å². The molecule has 3 aromatic rings. The van der Waals surface area contributed by atoms with Crippen molar-refractivity contribution < 1.29 is 0 Å². The van der Waals surface area contributed by atoms with Gasteiger partial charge in [-0.3, -0.25) is 4.98 Å². The standard InChI is InChI=1S/C17H18N2S2/c1-13(15-7-2-3-9-18-15)19-16(17-8-5-11-21-17)12-14-6-4-10-20-14/h2-11,13,16,19H,12H2,1H3. The van der Waals surface area contributed by atoms with Crippen molar-refractivity contribution in [2.24, 2.45) is 0 Å². The number of pyridine rings is 1. The molecule has 0 fully saturated rings. The van der Waals surface area contributed by atoms with Crippen molar-refractivity contribution in [1.82, 2.24) is 10.3 Å². The van der Waals surface area contributed by atoms with Crippen molar-refractivity contribution in [1.29, 1.82) is 0 Å². The quantitative estimate of drug-likeness (QED) is 0.704. The molecule has 0 spiro atoms. The van der Waals surface area contributed by atoms with E-state index in [0.717, 1.165) is 12.1 Å². The normalized spacial score (nSPS) is 14.0. The van der Waals surface area contributed by atoms with Gasteiger partial charge in [0.1, 0.15) is 0 Å². The van der Waals surface area contributed by atoms with Gasteiger partial charge in [-0.15, -0.1) is 22.7 Å². The lowest BCUT2D eigenvalue weighted by molar-refractivity contribution is 0.465. The van der Waals surface area contributed by atoms with Crippen molar-refractivity contribution >= 4 is 22.7 Å². The molecular weight excluding hydrogens is 296 g/mol. The van der Waals surface area contributed by atoms with E-state index >= 15 is 0 Å². The molecule has 0 aliphatic heterocycles. The Morgan fingerprint density at radius 3 is 2.57 bits per heavy atom. The Kier molecular flexibility index (Phi) is 4.80. The monoisotopic (exact) mass is 314 g/mol. The number of aromatic nitrogens is 1. The molecule has 2 unspecified atom stereocenters. The SMILES string of the molecule is CC(NC(Cc1cccs1)c1cccs1)c1ccccn1. The van der Waals surface area contributed by atoms with Gasteiger partial charge in [0, 0.05) is 34.5 Å². The van der Waals surface area contributed by atoms with E-state index in [-0.39, 0.29) is 6.04 Å². The van der Waals surface area contributed by atoms with Gasteiger partial charge in [0.2, 0.25) is 0 Å². The summed E-state index contributed by atoms with van der Waals surface area (Å²) in [6.07, 6.45) is 2.88. The summed E-state index contributed by atoms with van der Waals surface area (Å²) in [6, 6.07) is 15.3. The van der Waals surface area contributed by atoms with E-state index in [0.29, 0.717) is 6.04 Å². The molecule has 2 nitrogen and oxygen atoms in total. The first kappa shape index (κ1) is 14.4. The number of hydrogen-bond donors (Lipinski definition) is 1. The van der Waals surface area contributed by atoms with Crippen LogP contribution in [0.3, 0.4) is 0 Å². The smallest absolute Gasteiger partial charge is 0.0570 e. The second kappa shape index (κ2) is 6.98. The van der Waals surface area contributed by atoms with Crippen LogP contribution in [0, 0.1) is 0 Å². The lowest BCUT2D eigenvalue weighted by Gasteiger charge is -2.22. The van der Waals surface area contributed by atoms with Crippen LogP contribution in [0.15, 0.2) is 59.4 Å². The molecule has 108 valence electrons. The van der Waals surface area contributed by atoms with E-state index in [1.807, 2.05) is 41.0 Å². The molecule has 21 heavy (non-hydrogen) atoms.